The van der Waals surface area contributed by atoms with Crippen molar-refractivity contribution in [2.75, 3.05) is 19.6 Å². The molecule has 2 heterocycles. The zero-order valence-corrected chi connectivity index (χ0v) is 7.01. The van der Waals surface area contributed by atoms with Gasteiger partial charge in [0.1, 0.15) is 0 Å². The molecule has 0 bridgehead atoms. The molecule has 2 aliphatic heterocycles. The summed E-state index contributed by atoms with van der Waals surface area (Å²) in [6, 6.07) is 0.690. The van der Waals surface area contributed by atoms with Crippen LogP contribution >= 0.6 is 0 Å². The highest BCUT2D eigenvalue weighted by molar-refractivity contribution is 5.81. The number of hydrogen-bond acceptors (Lipinski definition) is 3. The van der Waals surface area contributed by atoms with Gasteiger partial charge in [0, 0.05) is 25.7 Å². The molecule has 0 saturated carbocycles. The molecule has 0 spiro atoms. The maximum absolute atomic E-state index is 4.43. The van der Waals surface area contributed by atoms with Crippen LogP contribution in [0.1, 0.15) is 19.8 Å². The molecular weight excluding hydrogens is 138 g/mol. The summed E-state index contributed by atoms with van der Waals surface area (Å²) in [6.45, 7) is 5.57. The number of nitrogens with one attached hydrogen (secondary N) is 1. The molecule has 3 nitrogen and oxygen atoms in total. The van der Waals surface area contributed by atoms with Crippen molar-refractivity contribution in [2.24, 2.45) is 4.99 Å². The van der Waals surface area contributed by atoms with Crippen molar-refractivity contribution >= 4 is 5.96 Å². The van der Waals surface area contributed by atoms with Crippen molar-refractivity contribution in [1.82, 2.24) is 10.2 Å². The molecule has 2 aliphatic rings. The van der Waals surface area contributed by atoms with Gasteiger partial charge >= 0.3 is 0 Å². The molecule has 1 saturated heterocycles. The lowest BCUT2D eigenvalue weighted by molar-refractivity contribution is 0.269. The van der Waals surface area contributed by atoms with Crippen LogP contribution in [0.4, 0.5) is 0 Å². The van der Waals surface area contributed by atoms with Crippen LogP contribution in [-0.4, -0.2) is 36.5 Å². The van der Waals surface area contributed by atoms with Crippen LogP contribution < -0.4 is 5.32 Å². The lowest BCUT2D eigenvalue weighted by Gasteiger charge is -2.38. The van der Waals surface area contributed by atoms with Crippen molar-refractivity contribution < 1.29 is 0 Å². The van der Waals surface area contributed by atoms with E-state index >= 15 is 0 Å². The second kappa shape index (κ2) is 2.72. The summed E-state index contributed by atoms with van der Waals surface area (Å²) in [5.74, 6) is 1.13. The van der Waals surface area contributed by atoms with Crippen LogP contribution in [-0.2, 0) is 0 Å². The third kappa shape index (κ3) is 1.19. The minimum Gasteiger partial charge on any atom is -0.356 e. The highest BCUT2D eigenvalue weighted by atomic mass is 15.3. The summed E-state index contributed by atoms with van der Waals surface area (Å²) in [7, 11) is 0. The smallest absolute Gasteiger partial charge is 0.194 e. The van der Waals surface area contributed by atoms with Crippen molar-refractivity contribution in [2.45, 2.75) is 25.8 Å². The van der Waals surface area contributed by atoms with Crippen LogP contribution in [0.3, 0.4) is 0 Å². The molecule has 1 N–H and O–H groups in total. The summed E-state index contributed by atoms with van der Waals surface area (Å²) in [4.78, 5) is 6.82. The summed E-state index contributed by atoms with van der Waals surface area (Å²) < 4.78 is 0. The van der Waals surface area contributed by atoms with Crippen molar-refractivity contribution in [3.8, 4) is 0 Å². The Labute approximate surface area is 67.5 Å². The number of guanidine groups is 1. The Balaban J connectivity index is 2.13. The molecule has 2 rings (SSSR count). The van der Waals surface area contributed by atoms with Gasteiger partial charge in [-0.3, -0.25) is 4.99 Å². The van der Waals surface area contributed by atoms with E-state index in [0.717, 1.165) is 19.0 Å². The second-order valence-corrected chi connectivity index (χ2v) is 3.32. The first kappa shape index (κ1) is 6.95. The summed E-state index contributed by atoms with van der Waals surface area (Å²) >= 11 is 0. The van der Waals surface area contributed by atoms with E-state index in [1.165, 1.54) is 19.4 Å². The number of aliphatic imine (C=N–C) groups is 1. The predicted molar refractivity (Wildman–Crippen MR) is 45.7 cm³/mol. The first-order chi connectivity index (χ1) is 5.38. The van der Waals surface area contributed by atoms with E-state index in [4.69, 9.17) is 0 Å². The lowest BCUT2D eigenvalue weighted by Crippen LogP contribution is -2.53. The van der Waals surface area contributed by atoms with E-state index in [-0.39, 0.29) is 0 Å². The van der Waals surface area contributed by atoms with E-state index < -0.39 is 0 Å². The average molecular weight is 153 g/mol. The van der Waals surface area contributed by atoms with Gasteiger partial charge < -0.3 is 10.2 Å². The van der Waals surface area contributed by atoms with Gasteiger partial charge in [0.2, 0.25) is 0 Å². The molecule has 11 heavy (non-hydrogen) atoms. The molecule has 0 aliphatic carbocycles. The first-order valence-electron chi connectivity index (χ1n) is 4.43. The molecular formula is C8H15N3. The fourth-order valence-electron chi connectivity index (χ4n) is 1.75. The predicted octanol–water partition coefficient (Wildman–Crippen LogP) is 0.430. The highest BCUT2D eigenvalue weighted by Gasteiger charge is 2.23. The summed E-state index contributed by atoms with van der Waals surface area (Å²) in [5.41, 5.74) is 0. The number of rotatable bonds is 0. The molecule has 0 amide bonds. The molecule has 0 aromatic heterocycles. The Morgan fingerprint density at radius 2 is 2.55 bits per heavy atom. The van der Waals surface area contributed by atoms with E-state index in [1.807, 2.05) is 0 Å². The standard InChI is InChI=1S/C8H15N3/c1-7-3-5-10-8-9-4-2-6-11(7)8/h7H,2-6H2,1H3,(H,9,10). The summed E-state index contributed by atoms with van der Waals surface area (Å²) in [5, 5.41) is 3.33. The molecule has 1 unspecified atom stereocenters. The second-order valence-electron chi connectivity index (χ2n) is 3.32. The zero-order chi connectivity index (χ0) is 7.68. The van der Waals surface area contributed by atoms with E-state index in [2.05, 4.69) is 22.1 Å². The maximum atomic E-state index is 4.43. The van der Waals surface area contributed by atoms with Gasteiger partial charge in [-0.25, -0.2) is 0 Å². The first-order valence-corrected chi connectivity index (χ1v) is 4.43. The van der Waals surface area contributed by atoms with Crippen molar-refractivity contribution in [1.29, 1.82) is 0 Å². The Bertz CT molecular complexity index is 176. The normalized spacial score (nSPS) is 30.5. The Morgan fingerprint density at radius 1 is 1.64 bits per heavy atom. The van der Waals surface area contributed by atoms with E-state index in [1.54, 1.807) is 0 Å². The molecule has 0 radical (unpaired) electrons. The SMILES string of the molecule is CC1CCN=C2NCCCN21. The molecule has 1 fully saturated rings. The van der Waals surface area contributed by atoms with Gasteiger partial charge in [-0.1, -0.05) is 0 Å². The fourth-order valence-corrected chi connectivity index (χ4v) is 1.75. The van der Waals surface area contributed by atoms with Crippen LogP contribution in [0.5, 0.6) is 0 Å². The Kier molecular flexibility index (Phi) is 1.72. The van der Waals surface area contributed by atoms with Crippen molar-refractivity contribution in [3.05, 3.63) is 0 Å². The van der Waals surface area contributed by atoms with Crippen LogP contribution in [0.15, 0.2) is 4.99 Å². The minimum absolute atomic E-state index is 0.690. The van der Waals surface area contributed by atoms with Crippen LogP contribution in [0.2, 0.25) is 0 Å². The topological polar surface area (TPSA) is 27.6 Å². The maximum Gasteiger partial charge on any atom is 0.194 e. The highest BCUT2D eigenvalue weighted by Crippen LogP contribution is 2.12. The Morgan fingerprint density at radius 3 is 3.36 bits per heavy atom. The van der Waals surface area contributed by atoms with Crippen LogP contribution in [0, 0.1) is 0 Å². The van der Waals surface area contributed by atoms with Gasteiger partial charge in [0.15, 0.2) is 5.96 Å². The summed E-state index contributed by atoms with van der Waals surface area (Å²) in [6.07, 6.45) is 2.47. The Hall–Kier alpha value is -0.730. The zero-order valence-electron chi connectivity index (χ0n) is 7.01. The molecule has 0 aromatic rings. The van der Waals surface area contributed by atoms with Gasteiger partial charge in [0.05, 0.1) is 0 Å². The third-order valence-electron chi connectivity index (χ3n) is 2.47. The van der Waals surface area contributed by atoms with E-state index in [0.29, 0.717) is 6.04 Å². The van der Waals surface area contributed by atoms with Gasteiger partial charge in [-0.2, -0.15) is 0 Å². The van der Waals surface area contributed by atoms with E-state index in [9.17, 15) is 0 Å². The quantitative estimate of drug-likeness (QED) is 0.546. The van der Waals surface area contributed by atoms with Gasteiger partial charge in [-0.15, -0.1) is 0 Å². The third-order valence-corrected chi connectivity index (χ3v) is 2.47. The molecule has 1 atom stereocenters. The molecule has 0 aromatic carbocycles. The average Bonchev–Trinajstić information content (AvgIpc) is 2.06. The largest absolute Gasteiger partial charge is 0.356 e. The number of nitrogens with zero attached hydrogens (tertiary/aromatic N) is 2. The monoisotopic (exact) mass is 153 g/mol. The van der Waals surface area contributed by atoms with Crippen LogP contribution in [0.25, 0.3) is 0 Å². The van der Waals surface area contributed by atoms with Crippen molar-refractivity contribution in [3.63, 3.8) is 0 Å². The fraction of sp³-hybridized carbons (Fsp3) is 0.875. The molecule has 3 heteroatoms. The minimum atomic E-state index is 0.690. The lowest BCUT2D eigenvalue weighted by atomic mass is 10.1. The van der Waals surface area contributed by atoms with Gasteiger partial charge in [0.25, 0.3) is 0 Å². The molecule has 62 valence electrons. The number of hydrogen-bond donors (Lipinski definition) is 1. The van der Waals surface area contributed by atoms with Gasteiger partial charge in [-0.05, 0) is 19.8 Å². The number of fused-ring (bicyclic) bond motifs is 1.